The third kappa shape index (κ3) is 4.44. The number of ketones is 1. The number of benzene rings is 2. The van der Waals surface area contributed by atoms with Crippen LogP contribution in [0.15, 0.2) is 48.0 Å². The lowest BCUT2D eigenvalue weighted by Gasteiger charge is -2.25. The van der Waals surface area contributed by atoms with Crippen molar-refractivity contribution >= 4 is 23.4 Å². The number of aliphatic hydroxyl groups is 1. The average molecular weight is 439 g/mol. The summed E-state index contributed by atoms with van der Waals surface area (Å²) in [5.41, 5.74) is 1.86. The molecule has 0 unspecified atom stereocenters. The number of hydrogen-bond acceptors (Lipinski definition) is 6. The summed E-state index contributed by atoms with van der Waals surface area (Å²) in [6.45, 7) is 1.94. The molecule has 0 aliphatic carbocycles. The smallest absolute Gasteiger partial charge is 0.303 e. The quantitative estimate of drug-likeness (QED) is 0.369. The lowest BCUT2D eigenvalue weighted by molar-refractivity contribution is -0.140. The lowest BCUT2D eigenvalue weighted by atomic mass is 9.94. The number of aliphatic carboxylic acids is 1. The number of rotatable bonds is 8. The van der Waals surface area contributed by atoms with Crippen LogP contribution in [0.5, 0.6) is 11.5 Å². The van der Waals surface area contributed by atoms with E-state index in [1.165, 1.54) is 19.1 Å². The molecule has 1 saturated heterocycles. The molecule has 1 aliphatic heterocycles. The second kappa shape index (κ2) is 9.55. The maximum absolute atomic E-state index is 13.0. The molecular formula is C24H25NO7. The zero-order valence-corrected chi connectivity index (χ0v) is 18.1. The third-order valence-electron chi connectivity index (χ3n) is 5.38. The van der Waals surface area contributed by atoms with E-state index in [0.29, 0.717) is 22.6 Å². The highest BCUT2D eigenvalue weighted by molar-refractivity contribution is 6.46. The minimum Gasteiger partial charge on any atom is -0.507 e. The summed E-state index contributed by atoms with van der Waals surface area (Å²) in [7, 11) is 2.96. The predicted molar refractivity (Wildman–Crippen MR) is 117 cm³/mol. The van der Waals surface area contributed by atoms with Crippen LogP contribution in [0, 0.1) is 6.92 Å². The van der Waals surface area contributed by atoms with Crippen molar-refractivity contribution in [3.63, 3.8) is 0 Å². The fourth-order valence-corrected chi connectivity index (χ4v) is 3.75. The van der Waals surface area contributed by atoms with Crippen molar-refractivity contribution in [2.45, 2.75) is 25.8 Å². The second-order valence-electron chi connectivity index (χ2n) is 7.47. The monoisotopic (exact) mass is 439 g/mol. The summed E-state index contributed by atoms with van der Waals surface area (Å²) in [5, 5.41) is 20.0. The Morgan fingerprint density at radius 2 is 1.66 bits per heavy atom. The molecule has 0 radical (unpaired) electrons. The number of carboxylic acids is 1. The van der Waals surface area contributed by atoms with E-state index in [0.717, 1.165) is 5.56 Å². The Bertz CT molecular complexity index is 1070. The van der Waals surface area contributed by atoms with Gasteiger partial charge in [-0.1, -0.05) is 35.9 Å². The number of ether oxygens (including phenoxy) is 2. The fourth-order valence-electron chi connectivity index (χ4n) is 3.75. The second-order valence-corrected chi connectivity index (χ2v) is 7.47. The molecule has 32 heavy (non-hydrogen) atoms. The van der Waals surface area contributed by atoms with Gasteiger partial charge >= 0.3 is 5.97 Å². The van der Waals surface area contributed by atoms with Gasteiger partial charge in [0.05, 0.1) is 25.8 Å². The number of carbonyl (C=O) groups is 3. The number of carboxylic acid groups (broad SMARTS) is 1. The summed E-state index contributed by atoms with van der Waals surface area (Å²) < 4.78 is 10.6. The summed E-state index contributed by atoms with van der Waals surface area (Å²) in [4.78, 5) is 38.1. The van der Waals surface area contributed by atoms with Gasteiger partial charge in [-0.2, -0.15) is 0 Å². The number of likely N-dealkylation sites (tertiary alicyclic amines) is 1. The largest absolute Gasteiger partial charge is 0.507 e. The van der Waals surface area contributed by atoms with E-state index in [2.05, 4.69) is 0 Å². The zero-order chi connectivity index (χ0) is 23.4. The standard InChI is InChI=1S/C24H25NO7/c1-14-6-8-15(9-7-14)22(28)20-21(16-10-11-17(31-2)18(13-16)32-3)25(24(30)23(20)29)12-4-5-19(26)27/h6-11,13,21,28H,4-5,12H2,1-3H3,(H,26,27)/t21-/m0/s1. The van der Waals surface area contributed by atoms with Gasteiger partial charge in [0.2, 0.25) is 0 Å². The van der Waals surface area contributed by atoms with Crippen molar-refractivity contribution in [1.29, 1.82) is 0 Å². The first-order chi connectivity index (χ1) is 15.3. The number of amides is 1. The highest BCUT2D eigenvalue weighted by Gasteiger charge is 2.46. The fraction of sp³-hybridized carbons (Fsp3) is 0.292. The molecule has 1 amide bonds. The zero-order valence-electron chi connectivity index (χ0n) is 18.1. The number of aryl methyl sites for hydroxylation is 1. The molecule has 2 N–H and O–H groups in total. The van der Waals surface area contributed by atoms with Gasteiger partial charge in [-0.05, 0) is 31.0 Å². The van der Waals surface area contributed by atoms with Crippen LogP contribution in [-0.4, -0.2) is 53.5 Å². The summed E-state index contributed by atoms with van der Waals surface area (Å²) >= 11 is 0. The SMILES string of the molecule is COc1ccc([C@H]2C(=C(O)c3ccc(C)cc3)C(=O)C(=O)N2CCCC(=O)O)cc1OC. The molecule has 0 saturated carbocycles. The van der Waals surface area contributed by atoms with Gasteiger partial charge in [-0.3, -0.25) is 14.4 Å². The van der Waals surface area contributed by atoms with E-state index in [1.807, 2.05) is 6.92 Å². The first-order valence-corrected chi connectivity index (χ1v) is 10.1. The molecular weight excluding hydrogens is 414 g/mol. The number of nitrogens with zero attached hydrogens (tertiary/aromatic N) is 1. The van der Waals surface area contributed by atoms with E-state index in [-0.39, 0.29) is 30.7 Å². The van der Waals surface area contributed by atoms with E-state index < -0.39 is 23.7 Å². The molecule has 0 spiro atoms. The van der Waals surface area contributed by atoms with Crippen LogP contribution < -0.4 is 9.47 Å². The van der Waals surface area contributed by atoms with Crippen LogP contribution in [0.25, 0.3) is 5.76 Å². The lowest BCUT2D eigenvalue weighted by Crippen LogP contribution is -2.31. The van der Waals surface area contributed by atoms with Gasteiger partial charge in [-0.25, -0.2) is 0 Å². The normalized spacial score (nSPS) is 17.5. The van der Waals surface area contributed by atoms with Gasteiger partial charge in [0.25, 0.3) is 11.7 Å². The maximum atomic E-state index is 13.0. The topological polar surface area (TPSA) is 113 Å². The van der Waals surface area contributed by atoms with Gasteiger partial charge in [0.15, 0.2) is 11.5 Å². The first kappa shape index (κ1) is 22.9. The average Bonchev–Trinajstić information content (AvgIpc) is 3.03. The molecule has 168 valence electrons. The van der Waals surface area contributed by atoms with Crippen LogP contribution in [0.2, 0.25) is 0 Å². The van der Waals surface area contributed by atoms with Gasteiger partial charge in [0.1, 0.15) is 5.76 Å². The molecule has 0 aromatic heterocycles. The van der Waals surface area contributed by atoms with Crippen LogP contribution in [-0.2, 0) is 14.4 Å². The molecule has 2 aromatic rings. The van der Waals surface area contributed by atoms with Crippen molar-refractivity contribution in [2.24, 2.45) is 0 Å². The first-order valence-electron chi connectivity index (χ1n) is 10.1. The molecule has 0 bridgehead atoms. The molecule has 3 rings (SSSR count). The third-order valence-corrected chi connectivity index (χ3v) is 5.38. The predicted octanol–water partition coefficient (Wildman–Crippen LogP) is 3.30. The molecule has 1 fully saturated rings. The number of methoxy groups -OCH3 is 2. The van der Waals surface area contributed by atoms with Crippen molar-refractivity contribution in [3.05, 3.63) is 64.7 Å². The Kier molecular flexibility index (Phi) is 6.82. The molecule has 2 aromatic carbocycles. The minimum atomic E-state index is -0.996. The summed E-state index contributed by atoms with van der Waals surface area (Å²) in [5.74, 6) is -2.02. The number of aliphatic hydroxyl groups excluding tert-OH is 1. The van der Waals surface area contributed by atoms with E-state index in [1.54, 1.807) is 42.5 Å². The van der Waals surface area contributed by atoms with E-state index in [4.69, 9.17) is 14.6 Å². The van der Waals surface area contributed by atoms with Gasteiger partial charge in [-0.15, -0.1) is 0 Å². The van der Waals surface area contributed by atoms with Crippen molar-refractivity contribution in [1.82, 2.24) is 4.90 Å². The van der Waals surface area contributed by atoms with Gasteiger partial charge < -0.3 is 24.6 Å². The Hall–Kier alpha value is -3.81. The van der Waals surface area contributed by atoms with Gasteiger partial charge in [0, 0.05) is 18.5 Å². The molecule has 1 aliphatic rings. The Morgan fingerprint density at radius 3 is 2.25 bits per heavy atom. The highest BCUT2D eigenvalue weighted by atomic mass is 16.5. The van der Waals surface area contributed by atoms with Crippen molar-refractivity contribution < 1.29 is 34.1 Å². The molecule has 1 atom stereocenters. The number of Topliss-reactive ketones (excluding diaryl/α,β-unsaturated/α-hetero) is 1. The molecule has 1 heterocycles. The van der Waals surface area contributed by atoms with E-state index >= 15 is 0 Å². The Morgan fingerprint density at radius 1 is 1.00 bits per heavy atom. The highest BCUT2D eigenvalue weighted by Crippen LogP contribution is 2.42. The van der Waals surface area contributed by atoms with Crippen molar-refractivity contribution in [2.75, 3.05) is 20.8 Å². The Labute approximate surface area is 185 Å². The van der Waals surface area contributed by atoms with Crippen LogP contribution in [0.4, 0.5) is 0 Å². The summed E-state index contributed by atoms with van der Waals surface area (Å²) in [6, 6.07) is 11.0. The van der Waals surface area contributed by atoms with Crippen molar-refractivity contribution in [3.8, 4) is 11.5 Å². The van der Waals surface area contributed by atoms with E-state index in [9.17, 15) is 19.5 Å². The maximum Gasteiger partial charge on any atom is 0.303 e. The summed E-state index contributed by atoms with van der Waals surface area (Å²) in [6.07, 6.45) is 0.0103. The Balaban J connectivity index is 2.14. The molecule has 8 nitrogen and oxygen atoms in total. The molecule has 8 heteroatoms. The minimum absolute atomic E-state index is 0.0422. The van der Waals surface area contributed by atoms with Crippen LogP contribution in [0.1, 0.15) is 35.6 Å². The van der Waals surface area contributed by atoms with Crippen LogP contribution >= 0.6 is 0 Å². The number of hydrogen-bond donors (Lipinski definition) is 2. The number of carbonyl (C=O) groups excluding carboxylic acids is 2. The van der Waals surface area contributed by atoms with Crippen LogP contribution in [0.3, 0.4) is 0 Å².